The summed E-state index contributed by atoms with van der Waals surface area (Å²) in [4.78, 5) is 18.8. The fourth-order valence-corrected chi connectivity index (χ4v) is 2.54. The lowest BCUT2D eigenvalue weighted by Crippen LogP contribution is -2.52. The molecular weight excluding hydrogens is 254 g/mol. The predicted octanol–water partition coefficient (Wildman–Crippen LogP) is 1.03. The molecule has 1 saturated heterocycles. The Kier molecular flexibility index (Phi) is 3.62. The van der Waals surface area contributed by atoms with Gasteiger partial charge in [-0.1, -0.05) is 24.3 Å². The van der Waals surface area contributed by atoms with Gasteiger partial charge < -0.3 is 15.4 Å². The minimum absolute atomic E-state index is 0.0689. The van der Waals surface area contributed by atoms with E-state index in [0.717, 1.165) is 10.8 Å². The second-order valence-corrected chi connectivity index (χ2v) is 4.84. The Bertz CT molecular complexity index is 624. The number of ether oxygens (including phenoxy) is 1. The summed E-state index contributed by atoms with van der Waals surface area (Å²) < 4.78 is 5.38. The molecule has 0 radical (unpaired) electrons. The van der Waals surface area contributed by atoms with E-state index in [9.17, 15) is 4.79 Å². The third kappa shape index (κ3) is 2.26. The van der Waals surface area contributed by atoms with Gasteiger partial charge >= 0.3 is 0 Å². The number of aromatic nitrogens is 1. The number of pyridine rings is 1. The Labute approximate surface area is 117 Å². The Morgan fingerprint density at radius 1 is 1.40 bits per heavy atom. The van der Waals surface area contributed by atoms with E-state index in [-0.39, 0.29) is 11.9 Å². The van der Waals surface area contributed by atoms with Crippen molar-refractivity contribution in [1.29, 1.82) is 0 Å². The maximum atomic E-state index is 12.7. The Hall–Kier alpha value is -1.98. The average molecular weight is 271 g/mol. The second-order valence-electron chi connectivity index (χ2n) is 4.84. The van der Waals surface area contributed by atoms with E-state index < -0.39 is 0 Å². The van der Waals surface area contributed by atoms with Crippen LogP contribution in [0.3, 0.4) is 0 Å². The van der Waals surface area contributed by atoms with Crippen LogP contribution in [-0.2, 0) is 4.74 Å². The van der Waals surface area contributed by atoms with Crippen molar-refractivity contribution in [3.8, 4) is 0 Å². The quantitative estimate of drug-likeness (QED) is 0.886. The molecule has 2 aromatic rings. The number of rotatable bonds is 2. The van der Waals surface area contributed by atoms with Gasteiger partial charge in [-0.05, 0) is 11.5 Å². The summed E-state index contributed by atoms with van der Waals surface area (Å²) in [7, 11) is 0. The number of hydrogen-bond donors (Lipinski definition) is 1. The fraction of sp³-hybridized carbons (Fsp3) is 0.333. The first kappa shape index (κ1) is 13.0. The molecule has 1 unspecified atom stereocenters. The minimum Gasteiger partial charge on any atom is -0.377 e. The molecule has 1 aromatic carbocycles. The third-order valence-electron chi connectivity index (χ3n) is 3.64. The maximum absolute atomic E-state index is 12.7. The predicted molar refractivity (Wildman–Crippen MR) is 76.4 cm³/mol. The molecule has 1 atom stereocenters. The first-order chi connectivity index (χ1) is 9.81. The van der Waals surface area contributed by atoms with E-state index >= 15 is 0 Å². The van der Waals surface area contributed by atoms with E-state index in [1.165, 1.54) is 0 Å². The van der Waals surface area contributed by atoms with Crippen LogP contribution in [0.4, 0.5) is 0 Å². The van der Waals surface area contributed by atoms with Gasteiger partial charge in [-0.15, -0.1) is 0 Å². The standard InChI is InChI=1S/C15H17N3O2/c16-9-12-10-20-8-7-18(12)15(19)14-13-4-2-1-3-11(13)5-6-17-14/h1-6,12H,7-10,16H2. The zero-order valence-electron chi connectivity index (χ0n) is 11.2. The Morgan fingerprint density at radius 2 is 2.25 bits per heavy atom. The molecule has 0 spiro atoms. The highest BCUT2D eigenvalue weighted by Gasteiger charge is 2.28. The van der Waals surface area contributed by atoms with Crippen molar-refractivity contribution in [2.24, 2.45) is 5.73 Å². The average Bonchev–Trinajstić information content (AvgIpc) is 2.53. The first-order valence-electron chi connectivity index (χ1n) is 6.74. The van der Waals surface area contributed by atoms with Gasteiger partial charge in [0.05, 0.1) is 19.3 Å². The molecule has 1 fully saturated rings. The highest BCUT2D eigenvalue weighted by Crippen LogP contribution is 2.19. The summed E-state index contributed by atoms with van der Waals surface area (Å²) in [5.74, 6) is -0.0689. The largest absolute Gasteiger partial charge is 0.377 e. The van der Waals surface area contributed by atoms with Crippen molar-refractivity contribution < 1.29 is 9.53 Å². The SMILES string of the molecule is NCC1COCCN1C(=O)c1nccc2ccccc12. The van der Waals surface area contributed by atoms with Crippen molar-refractivity contribution >= 4 is 16.7 Å². The van der Waals surface area contributed by atoms with Gasteiger partial charge in [0.25, 0.3) is 5.91 Å². The first-order valence-corrected chi connectivity index (χ1v) is 6.74. The molecule has 1 aliphatic rings. The Morgan fingerprint density at radius 3 is 3.10 bits per heavy atom. The maximum Gasteiger partial charge on any atom is 0.273 e. The van der Waals surface area contributed by atoms with Crippen LogP contribution >= 0.6 is 0 Å². The second kappa shape index (κ2) is 5.56. The summed E-state index contributed by atoms with van der Waals surface area (Å²) >= 11 is 0. The van der Waals surface area contributed by atoms with E-state index in [0.29, 0.717) is 32.0 Å². The summed E-state index contributed by atoms with van der Waals surface area (Å²) in [6, 6.07) is 9.61. The smallest absolute Gasteiger partial charge is 0.273 e. The summed E-state index contributed by atoms with van der Waals surface area (Å²) in [6.45, 7) is 2.00. The normalized spacial score (nSPS) is 19.2. The zero-order chi connectivity index (χ0) is 13.9. The molecule has 0 saturated carbocycles. The zero-order valence-corrected chi connectivity index (χ0v) is 11.2. The molecule has 20 heavy (non-hydrogen) atoms. The molecule has 104 valence electrons. The van der Waals surface area contributed by atoms with Gasteiger partial charge in [-0.2, -0.15) is 0 Å². The number of nitrogens with zero attached hydrogens (tertiary/aromatic N) is 2. The molecule has 1 aromatic heterocycles. The topological polar surface area (TPSA) is 68.5 Å². The summed E-state index contributed by atoms with van der Waals surface area (Å²) in [6.07, 6.45) is 1.67. The number of fused-ring (bicyclic) bond motifs is 1. The monoisotopic (exact) mass is 271 g/mol. The van der Waals surface area contributed by atoms with E-state index in [1.54, 1.807) is 11.1 Å². The van der Waals surface area contributed by atoms with E-state index in [1.807, 2.05) is 30.3 Å². The molecule has 5 nitrogen and oxygen atoms in total. The van der Waals surface area contributed by atoms with Crippen LogP contribution in [0.1, 0.15) is 10.5 Å². The number of carbonyl (C=O) groups is 1. The van der Waals surface area contributed by atoms with Gasteiger partial charge in [0.1, 0.15) is 5.69 Å². The summed E-state index contributed by atoms with van der Waals surface area (Å²) in [5.41, 5.74) is 6.22. The van der Waals surface area contributed by atoms with Gasteiger partial charge in [0.2, 0.25) is 0 Å². The molecule has 1 aliphatic heterocycles. The lowest BCUT2D eigenvalue weighted by Gasteiger charge is -2.34. The Balaban J connectivity index is 1.99. The lowest BCUT2D eigenvalue weighted by atomic mass is 10.1. The number of benzene rings is 1. The summed E-state index contributed by atoms with van der Waals surface area (Å²) in [5, 5.41) is 1.89. The molecule has 5 heteroatoms. The number of hydrogen-bond acceptors (Lipinski definition) is 4. The number of amides is 1. The van der Waals surface area contributed by atoms with Gasteiger partial charge in [0.15, 0.2) is 0 Å². The van der Waals surface area contributed by atoms with Gasteiger partial charge in [0, 0.05) is 24.7 Å². The van der Waals surface area contributed by atoms with Crippen molar-refractivity contribution in [3.05, 3.63) is 42.2 Å². The fourth-order valence-electron chi connectivity index (χ4n) is 2.54. The highest BCUT2D eigenvalue weighted by atomic mass is 16.5. The molecule has 2 N–H and O–H groups in total. The molecule has 2 heterocycles. The number of nitrogens with two attached hydrogens (primary N) is 1. The van der Waals surface area contributed by atoms with Crippen LogP contribution in [0, 0.1) is 0 Å². The molecule has 1 amide bonds. The van der Waals surface area contributed by atoms with Crippen molar-refractivity contribution in [2.75, 3.05) is 26.3 Å². The van der Waals surface area contributed by atoms with Crippen LogP contribution in [-0.4, -0.2) is 48.1 Å². The molecule has 0 aliphatic carbocycles. The van der Waals surface area contributed by atoms with Crippen molar-refractivity contribution in [1.82, 2.24) is 9.88 Å². The van der Waals surface area contributed by atoms with Gasteiger partial charge in [-0.3, -0.25) is 9.78 Å². The van der Waals surface area contributed by atoms with E-state index in [2.05, 4.69) is 4.98 Å². The van der Waals surface area contributed by atoms with Crippen molar-refractivity contribution in [3.63, 3.8) is 0 Å². The molecule has 3 rings (SSSR count). The van der Waals surface area contributed by atoms with Crippen molar-refractivity contribution in [2.45, 2.75) is 6.04 Å². The molecular formula is C15H17N3O2. The number of carbonyl (C=O) groups excluding carboxylic acids is 1. The molecule has 0 bridgehead atoms. The minimum atomic E-state index is -0.0722. The van der Waals surface area contributed by atoms with Crippen LogP contribution < -0.4 is 5.73 Å². The van der Waals surface area contributed by atoms with Crippen LogP contribution in [0.2, 0.25) is 0 Å². The van der Waals surface area contributed by atoms with Crippen LogP contribution in [0.25, 0.3) is 10.8 Å². The van der Waals surface area contributed by atoms with Crippen LogP contribution in [0.5, 0.6) is 0 Å². The highest BCUT2D eigenvalue weighted by molar-refractivity contribution is 6.05. The van der Waals surface area contributed by atoms with E-state index in [4.69, 9.17) is 10.5 Å². The third-order valence-corrected chi connectivity index (χ3v) is 3.64. The lowest BCUT2D eigenvalue weighted by molar-refractivity contribution is 0.000645. The van der Waals surface area contributed by atoms with Gasteiger partial charge in [-0.25, -0.2) is 0 Å². The number of morpholine rings is 1. The van der Waals surface area contributed by atoms with Crippen LogP contribution in [0.15, 0.2) is 36.5 Å².